The Hall–Kier alpha value is -3.11. The van der Waals surface area contributed by atoms with Crippen molar-refractivity contribution >= 4 is 5.91 Å². The van der Waals surface area contributed by atoms with Gasteiger partial charge in [-0.15, -0.1) is 0 Å². The summed E-state index contributed by atoms with van der Waals surface area (Å²) in [4.78, 5) is 15.7. The van der Waals surface area contributed by atoms with E-state index >= 15 is 0 Å². The average molecular weight is 415 g/mol. The number of nitrogens with two attached hydrogens (primary N) is 1. The number of primary amides is 1. The molecule has 0 saturated carbocycles. The van der Waals surface area contributed by atoms with Crippen LogP contribution in [0.1, 0.15) is 29.5 Å². The maximum Gasteiger partial charge on any atom is 0.232 e. The van der Waals surface area contributed by atoms with Crippen LogP contribution in [0, 0.1) is 5.92 Å². The molecule has 1 fully saturated rings. The summed E-state index contributed by atoms with van der Waals surface area (Å²) in [5, 5.41) is 9.51. The van der Waals surface area contributed by atoms with E-state index in [2.05, 4.69) is 4.90 Å². The van der Waals surface area contributed by atoms with E-state index in [1.807, 2.05) is 72.8 Å². The molecule has 1 saturated heterocycles. The highest BCUT2D eigenvalue weighted by Gasteiger charge is 2.48. The first-order chi connectivity index (χ1) is 15.1. The SMILES string of the molecule is NC(=O)C(c1ccccc1)(c1ccccc1)C1CCCN(CCc2ccc(O)cc2)C1. The van der Waals surface area contributed by atoms with Gasteiger partial charge in [-0.25, -0.2) is 0 Å². The van der Waals surface area contributed by atoms with Crippen LogP contribution in [0.15, 0.2) is 84.9 Å². The number of phenols is 1. The lowest BCUT2D eigenvalue weighted by atomic mass is 9.63. The normalized spacial score (nSPS) is 17.4. The highest BCUT2D eigenvalue weighted by Crippen LogP contribution is 2.43. The highest BCUT2D eigenvalue weighted by atomic mass is 16.3. The fraction of sp³-hybridized carbons (Fsp3) is 0.296. The summed E-state index contributed by atoms with van der Waals surface area (Å²) in [6, 6.07) is 27.5. The predicted molar refractivity (Wildman–Crippen MR) is 124 cm³/mol. The summed E-state index contributed by atoms with van der Waals surface area (Å²) >= 11 is 0. The van der Waals surface area contributed by atoms with Gasteiger partial charge in [-0.2, -0.15) is 0 Å². The van der Waals surface area contributed by atoms with Gasteiger partial charge in [0.05, 0.1) is 0 Å². The second-order valence-electron chi connectivity index (χ2n) is 8.46. The molecule has 160 valence electrons. The van der Waals surface area contributed by atoms with E-state index in [-0.39, 0.29) is 11.8 Å². The third-order valence-electron chi connectivity index (χ3n) is 6.62. The van der Waals surface area contributed by atoms with Gasteiger partial charge in [0.25, 0.3) is 0 Å². The van der Waals surface area contributed by atoms with Gasteiger partial charge < -0.3 is 15.7 Å². The molecule has 1 atom stereocenters. The maximum atomic E-state index is 13.2. The van der Waals surface area contributed by atoms with Crippen LogP contribution in [0.3, 0.4) is 0 Å². The molecule has 3 N–H and O–H groups in total. The molecular formula is C27H30N2O2. The van der Waals surface area contributed by atoms with Crippen molar-refractivity contribution in [3.8, 4) is 5.75 Å². The second kappa shape index (κ2) is 9.36. The Morgan fingerprint density at radius 3 is 2.06 bits per heavy atom. The number of hydrogen-bond acceptors (Lipinski definition) is 3. The molecule has 1 amide bonds. The molecule has 4 rings (SSSR count). The molecule has 1 aliphatic heterocycles. The molecule has 4 nitrogen and oxygen atoms in total. The van der Waals surface area contributed by atoms with E-state index in [1.54, 1.807) is 12.1 Å². The van der Waals surface area contributed by atoms with Crippen molar-refractivity contribution in [3.63, 3.8) is 0 Å². The molecule has 0 bridgehead atoms. The number of carbonyl (C=O) groups excluding carboxylic acids is 1. The first kappa shape index (κ1) is 21.1. The van der Waals surface area contributed by atoms with Crippen LogP contribution in [0.4, 0.5) is 0 Å². The van der Waals surface area contributed by atoms with E-state index in [0.29, 0.717) is 5.75 Å². The molecule has 1 heterocycles. The van der Waals surface area contributed by atoms with Crippen molar-refractivity contribution in [2.75, 3.05) is 19.6 Å². The van der Waals surface area contributed by atoms with Crippen LogP contribution in [0.2, 0.25) is 0 Å². The Labute approximate surface area is 184 Å². The monoisotopic (exact) mass is 414 g/mol. The third kappa shape index (κ3) is 4.35. The van der Waals surface area contributed by atoms with E-state index < -0.39 is 5.41 Å². The third-order valence-corrected chi connectivity index (χ3v) is 6.62. The largest absolute Gasteiger partial charge is 0.508 e. The van der Waals surface area contributed by atoms with E-state index in [1.165, 1.54) is 5.56 Å². The van der Waals surface area contributed by atoms with Gasteiger partial charge in [-0.1, -0.05) is 72.8 Å². The Balaban J connectivity index is 1.63. The highest BCUT2D eigenvalue weighted by molar-refractivity contribution is 5.91. The van der Waals surface area contributed by atoms with Crippen LogP contribution >= 0.6 is 0 Å². The van der Waals surface area contributed by atoms with Crippen LogP contribution < -0.4 is 5.73 Å². The molecule has 4 heteroatoms. The van der Waals surface area contributed by atoms with Gasteiger partial charge in [0.15, 0.2) is 0 Å². The molecule has 0 spiro atoms. The number of benzene rings is 3. The quantitative estimate of drug-likeness (QED) is 0.611. The lowest BCUT2D eigenvalue weighted by Crippen LogP contribution is -2.53. The lowest BCUT2D eigenvalue weighted by Gasteiger charge is -2.44. The molecule has 31 heavy (non-hydrogen) atoms. The molecule has 1 unspecified atom stereocenters. The summed E-state index contributed by atoms with van der Waals surface area (Å²) < 4.78 is 0. The predicted octanol–water partition coefficient (Wildman–Crippen LogP) is 4.12. The average Bonchev–Trinajstić information content (AvgIpc) is 2.81. The minimum Gasteiger partial charge on any atom is -0.508 e. The smallest absolute Gasteiger partial charge is 0.232 e. The molecule has 3 aromatic carbocycles. The maximum absolute atomic E-state index is 13.2. The van der Waals surface area contributed by atoms with Gasteiger partial charge in [-0.05, 0) is 60.5 Å². The minimum atomic E-state index is -0.847. The molecular weight excluding hydrogens is 384 g/mol. The summed E-state index contributed by atoms with van der Waals surface area (Å²) in [7, 11) is 0. The van der Waals surface area contributed by atoms with Crippen LogP contribution in [-0.2, 0) is 16.6 Å². The molecule has 0 aromatic heterocycles. The molecule has 0 radical (unpaired) electrons. The molecule has 3 aromatic rings. The van der Waals surface area contributed by atoms with Gasteiger partial charge in [-0.3, -0.25) is 4.79 Å². The Bertz CT molecular complexity index is 947. The number of likely N-dealkylation sites (tertiary alicyclic amines) is 1. The van der Waals surface area contributed by atoms with Gasteiger partial charge in [0.2, 0.25) is 5.91 Å². The molecule has 0 aliphatic carbocycles. The van der Waals surface area contributed by atoms with Crippen LogP contribution in [-0.4, -0.2) is 35.5 Å². The topological polar surface area (TPSA) is 66.6 Å². The number of carbonyl (C=O) groups is 1. The number of rotatable bonds is 7. The summed E-state index contributed by atoms with van der Waals surface area (Å²) in [6.45, 7) is 2.76. The van der Waals surface area contributed by atoms with Gasteiger partial charge in [0.1, 0.15) is 11.2 Å². The first-order valence-corrected chi connectivity index (χ1v) is 11.0. The Morgan fingerprint density at radius 2 is 1.52 bits per heavy atom. The zero-order chi connectivity index (χ0) is 21.7. The summed E-state index contributed by atoms with van der Waals surface area (Å²) in [5.41, 5.74) is 8.51. The number of amides is 1. The van der Waals surface area contributed by atoms with Crippen molar-refractivity contribution in [1.82, 2.24) is 4.90 Å². The van der Waals surface area contributed by atoms with Crippen molar-refractivity contribution in [1.29, 1.82) is 0 Å². The van der Waals surface area contributed by atoms with Crippen LogP contribution in [0.25, 0.3) is 0 Å². The van der Waals surface area contributed by atoms with Gasteiger partial charge >= 0.3 is 0 Å². The Kier molecular flexibility index (Phi) is 6.38. The van der Waals surface area contributed by atoms with Crippen molar-refractivity contribution in [2.45, 2.75) is 24.7 Å². The standard InChI is InChI=1S/C27H30N2O2/c28-26(31)27(22-8-3-1-4-9-22,23-10-5-2-6-11-23)24-12-7-18-29(20-24)19-17-21-13-15-25(30)16-14-21/h1-6,8-11,13-16,24,30H,7,12,17-20H2,(H2,28,31). The van der Waals surface area contributed by atoms with Crippen LogP contribution in [0.5, 0.6) is 5.75 Å². The van der Waals surface area contributed by atoms with E-state index in [9.17, 15) is 9.90 Å². The van der Waals surface area contributed by atoms with E-state index in [0.717, 1.165) is 50.0 Å². The van der Waals surface area contributed by atoms with E-state index in [4.69, 9.17) is 5.73 Å². The number of hydrogen-bond donors (Lipinski definition) is 2. The number of piperidine rings is 1. The van der Waals surface area contributed by atoms with Crippen molar-refractivity contribution in [2.24, 2.45) is 11.7 Å². The minimum absolute atomic E-state index is 0.100. The lowest BCUT2D eigenvalue weighted by molar-refractivity contribution is -0.124. The summed E-state index contributed by atoms with van der Waals surface area (Å²) in [5.74, 6) is 0.109. The number of phenolic OH excluding ortho intramolecular Hbond substituents is 1. The fourth-order valence-electron chi connectivity index (χ4n) is 5.09. The number of nitrogens with zero attached hydrogens (tertiary/aromatic N) is 1. The van der Waals surface area contributed by atoms with Crippen molar-refractivity contribution in [3.05, 3.63) is 102 Å². The zero-order valence-corrected chi connectivity index (χ0v) is 17.8. The summed E-state index contributed by atoms with van der Waals surface area (Å²) in [6.07, 6.45) is 2.91. The fourth-order valence-corrected chi connectivity index (χ4v) is 5.09. The van der Waals surface area contributed by atoms with Crippen molar-refractivity contribution < 1.29 is 9.90 Å². The Morgan fingerprint density at radius 1 is 0.935 bits per heavy atom. The second-order valence-corrected chi connectivity index (χ2v) is 8.46. The molecule has 1 aliphatic rings. The first-order valence-electron chi connectivity index (χ1n) is 11.0. The zero-order valence-electron chi connectivity index (χ0n) is 17.8. The number of aromatic hydroxyl groups is 1. The van der Waals surface area contributed by atoms with Gasteiger partial charge in [0, 0.05) is 13.1 Å².